The van der Waals surface area contributed by atoms with Crippen LogP contribution in [-0.2, 0) is 39.4 Å². The lowest BCUT2D eigenvalue weighted by Crippen LogP contribution is -2.30. The molecule has 0 radical (unpaired) electrons. The van der Waals surface area contributed by atoms with E-state index in [1.165, 1.54) is 23.5 Å². The Morgan fingerprint density at radius 3 is 2.34 bits per heavy atom. The van der Waals surface area contributed by atoms with Gasteiger partial charge in [0.25, 0.3) is 0 Å². The highest BCUT2D eigenvalue weighted by atomic mass is 35.5. The number of halogens is 2. The van der Waals surface area contributed by atoms with Crippen LogP contribution in [0.25, 0.3) is 22.2 Å². The summed E-state index contributed by atoms with van der Waals surface area (Å²) >= 11 is 0. The van der Waals surface area contributed by atoms with Crippen molar-refractivity contribution in [2.24, 2.45) is 0 Å². The van der Waals surface area contributed by atoms with Crippen molar-refractivity contribution in [2.45, 2.75) is 26.3 Å². The SMILES string of the molecule is CCc1cc(O)c(F)cc1-c1cc2[nH]ncc2c(N(CCc2ccc(NS(C)(=O)=O)cc2)Cc2ccccc2N(C)S(C)(=O)=O)n1.Cl. The number of para-hydroxylation sites is 1. The van der Waals surface area contributed by atoms with Crippen molar-refractivity contribution in [3.05, 3.63) is 95.4 Å². The Bertz CT molecular complexity index is 2110. The zero-order valence-corrected chi connectivity index (χ0v) is 28.7. The molecular weight excluding hydrogens is 667 g/mol. The van der Waals surface area contributed by atoms with Gasteiger partial charge in [-0.05, 0) is 65.9 Å². The van der Waals surface area contributed by atoms with E-state index in [2.05, 4.69) is 14.9 Å². The van der Waals surface area contributed by atoms with Crippen LogP contribution in [0.4, 0.5) is 21.6 Å². The fourth-order valence-corrected chi connectivity index (χ4v) is 6.36. The molecule has 250 valence electrons. The van der Waals surface area contributed by atoms with Crippen LogP contribution in [0.1, 0.15) is 23.6 Å². The predicted molar refractivity (Wildman–Crippen MR) is 187 cm³/mol. The zero-order valence-electron chi connectivity index (χ0n) is 26.2. The average Bonchev–Trinajstić information content (AvgIpc) is 3.48. The van der Waals surface area contributed by atoms with Crippen molar-refractivity contribution < 1.29 is 26.3 Å². The van der Waals surface area contributed by atoms with Crippen molar-refractivity contribution in [3.63, 3.8) is 0 Å². The lowest BCUT2D eigenvalue weighted by molar-refractivity contribution is 0.432. The van der Waals surface area contributed by atoms with E-state index < -0.39 is 31.6 Å². The van der Waals surface area contributed by atoms with Crippen molar-refractivity contribution in [1.29, 1.82) is 0 Å². The molecule has 5 aromatic rings. The van der Waals surface area contributed by atoms with Gasteiger partial charge < -0.3 is 10.0 Å². The van der Waals surface area contributed by atoms with E-state index in [4.69, 9.17) is 4.98 Å². The summed E-state index contributed by atoms with van der Waals surface area (Å²) in [6, 6.07) is 18.7. The second-order valence-corrected chi connectivity index (χ2v) is 14.8. The number of hydrogen-bond donors (Lipinski definition) is 3. The third kappa shape index (κ3) is 8.31. The number of H-pyrrole nitrogens is 1. The number of sulfonamides is 2. The third-order valence-electron chi connectivity index (χ3n) is 7.66. The smallest absolute Gasteiger partial charge is 0.232 e. The predicted octanol–water partition coefficient (Wildman–Crippen LogP) is 5.47. The number of pyridine rings is 1. The molecule has 0 aliphatic heterocycles. The molecule has 47 heavy (non-hydrogen) atoms. The monoisotopic (exact) mass is 702 g/mol. The van der Waals surface area contributed by atoms with Gasteiger partial charge in [-0.15, -0.1) is 12.4 Å². The Hall–Kier alpha value is -4.40. The van der Waals surface area contributed by atoms with E-state index in [1.807, 2.05) is 36.1 Å². The van der Waals surface area contributed by atoms with Crippen molar-refractivity contribution >= 4 is 60.5 Å². The summed E-state index contributed by atoms with van der Waals surface area (Å²) in [5.74, 6) is -0.651. The van der Waals surface area contributed by atoms with E-state index in [-0.39, 0.29) is 19.0 Å². The highest BCUT2D eigenvalue weighted by molar-refractivity contribution is 7.92. The van der Waals surface area contributed by atoms with Gasteiger partial charge in [0.15, 0.2) is 11.6 Å². The van der Waals surface area contributed by atoms with Crippen LogP contribution in [0.5, 0.6) is 5.75 Å². The Labute approximate surface area is 280 Å². The minimum atomic E-state index is -3.56. The van der Waals surface area contributed by atoms with E-state index >= 15 is 0 Å². The van der Waals surface area contributed by atoms with Crippen LogP contribution in [0.2, 0.25) is 0 Å². The lowest BCUT2D eigenvalue weighted by Gasteiger charge is -2.28. The Kier molecular flexibility index (Phi) is 10.7. The summed E-state index contributed by atoms with van der Waals surface area (Å²) in [6.45, 7) is 2.60. The van der Waals surface area contributed by atoms with Gasteiger partial charge in [0.1, 0.15) is 5.82 Å². The van der Waals surface area contributed by atoms with Crippen LogP contribution >= 0.6 is 12.4 Å². The number of nitrogens with one attached hydrogen (secondary N) is 2. The number of aryl methyl sites for hydroxylation is 1. The number of hydrogen-bond acceptors (Lipinski definition) is 8. The van der Waals surface area contributed by atoms with Gasteiger partial charge in [-0.3, -0.25) is 14.1 Å². The largest absolute Gasteiger partial charge is 0.505 e. The number of aromatic hydroxyl groups is 1. The first-order valence-electron chi connectivity index (χ1n) is 14.4. The summed E-state index contributed by atoms with van der Waals surface area (Å²) in [7, 11) is -5.47. The Morgan fingerprint density at radius 2 is 1.68 bits per heavy atom. The van der Waals surface area contributed by atoms with Crippen molar-refractivity contribution in [3.8, 4) is 17.0 Å². The molecule has 0 unspecified atom stereocenters. The van der Waals surface area contributed by atoms with Gasteiger partial charge in [0, 0.05) is 31.4 Å². The molecule has 0 amide bonds. The Balaban J connectivity index is 0.00000500. The van der Waals surface area contributed by atoms with Gasteiger partial charge in [-0.2, -0.15) is 5.10 Å². The van der Waals surface area contributed by atoms with E-state index in [1.54, 1.807) is 36.5 Å². The average molecular weight is 703 g/mol. The topological polar surface area (TPSA) is 149 Å². The lowest BCUT2D eigenvalue weighted by atomic mass is 10.0. The molecule has 5 rings (SSSR count). The molecule has 0 spiro atoms. The van der Waals surface area contributed by atoms with Crippen LogP contribution < -0.4 is 13.9 Å². The van der Waals surface area contributed by atoms with Crippen molar-refractivity contribution in [2.75, 3.05) is 40.0 Å². The van der Waals surface area contributed by atoms with E-state index in [0.717, 1.165) is 23.6 Å². The summed E-state index contributed by atoms with van der Waals surface area (Å²) < 4.78 is 66.7. The fourth-order valence-electron chi connectivity index (χ4n) is 5.26. The van der Waals surface area contributed by atoms with E-state index in [9.17, 15) is 26.3 Å². The van der Waals surface area contributed by atoms with Crippen molar-refractivity contribution in [1.82, 2.24) is 15.2 Å². The number of anilines is 3. The van der Waals surface area contributed by atoms with Crippen LogP contribution in [0, 0.1) is 5.82 Å². The van der Waals surface area contributed by atoms with Crippen LogP contribution in [0.3, 0.4) is 0 Å². The molecule has 0 atom stereocenters. The molecule has 0 saturated heterocycles. The van der Waals surface area contributed by atoms with E-state index in [0.29, 0.717) is 64.3 Å². The van der Waals surface area contributed by atoms with Gasteiger partial charge >= 0.3 is 0 Å². The first kappa shape index (κ1) is 35.5. The number of aromatic amines is 1. The minimum Gasteiger partial charge on any atom is -0.505 e. The Morgan fingerprint density at radius 1 is 0.979 bits per heavy atom. The number of phenolic OH excluding ortho intramolecular Hbond substituents is 1. The molecule has 11 nitrogen and oxygen atoms in total. The molecule has 0 bridgehead atoms. The molecule has 0 saturated carbocycles. The summed E-state index contributed by atoms with van der Waals surface area (Å²) in [5, 5.41) is 18.0. The fraction of sp³-hybridized carbons (Fsp3) is 0.250. The molecular formula is C32H36ClFN6O5S2. The number of nitrogens with zero attached hydrogens (tertiary/aromatic N) is 4. The number of aromatic nitrogens is 3. The highest BCUT2D eigenvalue weighted by Gasteiger charge is 2.22. The number of phenols is 1. The maximum absolute atomic E-state index is 14.6. The molecule has 3 N–H and O–H groups in total. The molecule has 2 aromatic heterocycles. The standard InChI is InChI=1S/C32H35FN6O5S2.ClH/c1-5-22-16-31(40)27(33)17-25(22)28-18-29-26(19-34-36-29)32(35-28)39(15-14-21-10-12-24(13-11-21)37-45(3,41)42)20-23-8-6-7-9-30(23)38(2)46(4,43)44;/h6-13,16-19,37,40H,5,14-15,20H2,1-4H3,(H,34,36);1H. The number of rotatable bonds is 12. The molecule has 0 aliphatic carbocycles. The maximum atomic E-state index is 14.6. The first-order chi connectivity index (χ1) is 21.7. The molecule has 0 aliphatic rings. The number of benzene rings is 3. The summed E-state index contributed by atoms with van der Waals surface area (Å²) in [6.07, 6.45) is 4.95. The third-order valence-corrected chi connectivity index (χ3v) is 9.46. The van der Waals surface area contributed by atoms with Gasteiger partial charge in [-0.25, -0.2) is 26.2 Å². The number of fused-ring (bicyclic) bond motifs is 1. The highest BCUT2D eigenvalue weighted by Crippen LogP contribution is 2.35. The molecule has 15 heteroatoms. The second kappa shape index (κ2) is 14.2. The first-order valence-corrected chi connectivity index (χ1v) is 18.2. The van der Waals surface area contributed by atoms with Crippen LogP contribution in [0.15, 0.2) is 72.9 Å². The minimum absolute atomic E-state index is 0. The maximum Gasteiger partial charge on any atom is 0.232 e. The quantitative estimate of drug-likeness (QED) is 0.155. The molecule has 3 aromatic carbocycles. The zero-order chi connectivity index (χ0) is 33.2. The van der Waals surface area contributed by atoms with Gasteiger partial charge in [-0.1, -0.05) is 37.3 Å². The second-order valence-electron chi connectivity index (χ2n) is 11.1. The normalized spacial score (nSPS) is 11.7. The van der Waals surface area contributed by atoms with Crippen LogP contribution in [-0.4, -0.2) is 63.2 Å². The molecule has 0 fully saturated rings. The summed E-state index contributed by atoms with van der Waals surface area (Å²) in [5.41, 5.74) is 5.01. The summed E-state index contributed by atoms with van der Waals surface area (Å²) in [4.78, 5) is 7.03. The van der Waals surface area contributed by atoms with Gasteiger partial charge in [0.2, 0.25) is 20.0 Å². The van der Waals surface area contributed by atoms with Gasteiger partial charge in [0.05, 0.1) is 41.0 Å². The molecule has 2 heterocycles.